The molecular weight excluding hydrogens is 244 g/mol. The van der Waals surface area contributed by atoms with Crippen molar-refractivity contribution in [1.82, 2.24) is 9.97 Å². The summed E-state index contributed by atoms with van der Waals surface area (Å²) in [6, 6.07) is 9.04. The highest BCUT2D eigenvalue weighted by Gasteiger charge is 2.12. The number of aliphatic hydroxyl groups excluding tert-OH is 1. The third-order valence-electron chi connectivity index (χ3n) is 2.71. The van der Waals surface area contributed by atoms with Crippen molar-refractivity contribution in [1.29, 1.82) is 0 Å². The fraction of sp³-hybridized carbons (Fsp3) is 0.286. The molecule has 0 unspecified atom stereocenters. The van der Waals surface area contributed by atoms with E-state index in [0.717, 1.165) is 5.56 Å². The fourth-order valence-electron chi connectivity index (χ4n) is 1.72. The first-order valence-electron chi connectivity index (χ1n) is 5.90. The van der Waals surface area contributed by atoms with Crippen molar-refractivity contribution < 1.29 is 14.6 Å². The zero-order chi connectivity index (χ0) is 13.8. The van der Waals surface area contributed by atoms with E-state index in [1.165, 1.54) is 0 Å². The topological polar surface area (TPSA) is 64.5 Å². The van der Waals surface area contributed by atoms with Crippen LogP contribution in [0, 0.1) is 0 Å². The molecule has 2 heterocycles. The zero-order valence-corrected chi connectivity index (χ0v) is 11.1. The van der Waals surface area contributed by atoms with Gasteiger partial charge in [0.2, 0.25) is 11.8 Å². The van der Waals surface area contributed by atoms with E-state index in [1.54, 1.807) is 33.3 Å². The van der Waals surface area contributed by atoms with E-state index in [4.69, 9.17) is 9.47 Å². The SMILES string of the molecule is COc1ccc(-c2cccc([C@H](C)O)n2)c(OC)n1. The second-order valence-electron chi connectivity index (χ2n) is 4.03. The van der Waals surface area contributed by atoms with E-state index < -0.39 is 6.10 Å². The summed E-state index contributed by atoms with van der Waals surface area (Å²) >= 11 is 0. The smallest absolute Gasteiger partial charge is 0.225 e. The average molecular weight is 260 g/mol. The molecular formula is C14H16N2O3. The predicted molar refractivity (Wildman–Crippen MR) is 71.2 cm³/mol. The van der Waals surface area contributed by atoms with Gasteiger partial charge in [-0.2, -0.15) is 4.98 Å². The minimum atomic E-state index is -0.614. The Hall–Kier alpha value is -2.14. The number of aromatic nitrogens is 2. The Bertz CT molecular complexity index is 570. The van der Waals surface area contributed by atoms with Crippen molar-refractivity contribution in [3.63, 3.8) is 0 Å². The van der Waals surface area contributed by atoms with Gasteiger partial charge in [0, 0.05) is 6.07 Å². The lowest BCUT2D eigenvalue weighted by molar-refractivity contribution is 0.194. The van der Waals surface area contributed by atoms with Gasteiger partial charge in [0.25, 0.3) is 0 Å². The highest BCUT2D eigenvalue weighted by Crippen LogP contribution is 2.29. The van der Waals surface area contributed by atoms with Crippen molar-refractivity contribution in [2.24, 2.45) is 0 Å². The van der Waals surface area contributed by atoms with Crippen LogP contribution in [-0.4, -0.2) is 29.3 Å². The Morgan fingerprint density at radius 2 is 1.84 bits per heavy atom. The summed E-state index contributed by atoms with van der Waals surface area (Å²) in [5.74, 6) is 0.918. The van der Waals surface area contributed by atoms with Gasteiger partial charge in [-0.1, -0.05) is 6.07 Å². The lowest BCUT2D eigenvalue weighted by Crippen LogP contribution is -1.99. The van der Waals surface area contributed by atoms with Gasteiger partial charge in [0.05, 0.1) is 37.3 Å². The van der Waals surface area contributed by atoms with E-state index in [1.807, 2.05) is 18.2 Å². The number of hydrogen-bond donors (Lipinski definition) is 1. The lowest BCUT2D eigenvalue weighted by atomic mass is 10.1. The molecule has 0 bridgehead atoms. The molecule has 1 N–H and O–H groups in total. The number of nitrogens with zero attached hydrogens (tertiary/aromatic N) is 2. The molecule has 0 aliphatic heterocycles. The molecule has 0 aliphatic carbocycles. The Morgan fingerprint density at radius 3 is 2.47 bits per heavy atom. The molecule has 0 saturated heterocycles. The summed E-state index contributed by atoms with van der Waals surface area (Å²) < 4.78 is 10.3. The molecule has 0 aliphatic rings. The molecule has 2 aromatic heterocycles. The second kappa shape index (κ2) is 5.67. The maximum atomic E-state index is 9.57. The van der Waals surface area contributed by atoms with Crippen LogP contribution in [0.1, 0.15) is 18.7 Å². The summed E-state index contributed by atoms with van der Waals surface area (Å²) in [7, 11) is 3.09. The molecule has 0 fully saturated rings. The fourth-order valence-corrected chi connectivity index (χ4v) is 1.72. The molecule has 0 aromatic carbocycles. The maximum Gasteiger partial charge on any atom is 0.225 e. The lowest BCUT2D eigenvalue weighted by Gasteiger charge is -2.10. The van der Waals surface area contributed by atoms with Crippen LogP contribution in [0.4, 0.5) is 0 Å². The van der Waals surface area contributed by atoms with Crippen LogP contribution in [0.2, 0.25) is 0 Å². The highest BCUT2D eigenvalue weighted by atomic mass is 16.5. The molecule has 2 aromatic rings. The third kappa shape index (κ3) is 2.82. The third-order valence-corrected chi connectivity index (χ3v) is 2.71. The van der Waals surface area contributed by atoms with Gasteiger partial charge in [-0.25, -0.2) is 4.98 Å². The molecule has 0 amide bonds. The minimum Gasteiger partial charge on any atom is -0.481 e. The molecule has 0 saturated carbocycles. The molecule has 100 valence electrons. The van der Waals surface area contributed by atoms with Gasteiger partial charge in [-0.05, 0) is 25.1 Å². The Balaban J connectivity index is 2.49. The molecule has 0 spiro atoms. The standard InChI is InChI=1S/C14H16N2O3/c1-9(17)11-5-4-6-12(15-11)10-7-8-13(18-2)16-14(10)19-3/h4-9,17H,1-3H3/t9-/m0/s1. The number of hydrogen-bond acceptors (Lipinski definition) is 5. The van der Waals surface area contributed by atoms with Crippen LogP contribution in [0.3, 0.4) is 0 Å². The molecule has 19 heavy (non-hydrogen) atoms. The van der Waals surface area contributed by atoms with E-state index in [-0.39, 0.29) is 0 Å². The first kappa shape index (κ1) is 13.3. The number of ether oxygens (including phenoxy) is 2. The number of aliphatic hydroxyl groups is 1. The number of rotatable bonds is 4. The first-order chi connectivity index (χ1) is 9.15. The summed E-state index contributed by atoms with van der Waals surface area (Å²) in [5.41, 5.74) is 2.06. The van der Waals surface area contributed by atoms with Crippen molar-refractivity contribution in [2.75, 3.05) is 14.2 Å². The molecule has 0 radical (unpaired) electrons. The normalized spacial score (nSPS) is 12.0. The van der Waals surface area contributed by atoms with Gasteiger partial charge in [0.15, 0.2) is 0 Å². The first-order valence-corrected chi connectivity index (χ1v) is 5.90. The molecule has 1 atom stereocenters. The van der Waals surface area contributed by atoms with E-state index in [2.05, 4.69) is 9.97 Å². The zero-order valence-electron chi connectivity index (χ0n) is 11.1. The minimum absolute atomic E-state index is 0.439. The van der Waals surface area contributed by atoms with Gasteiger partial charge < -0.3 is 14.6 Å². The monoisotopic (exact) mass is 260 g/mol. The van der Waals surface area contributed by atoms with E-state index in [9.17, 15) is 5.11 Å². The van der Waals surface area contributed by atoms with Crippen LogP contribution in [-0.2, 0) is 0 Å². The Morgan fingerprint density at radius 1 is 1.05 bits per heavy atom. The van der Waals surface area contributed by atoms with Gasteiger partial charge in [-0.15, -0.1) is 0 Å². The second-order valence-corrected chi connectivity index (χ2v) is 4.03. The number of methoxy groups -OCH3 is 2. The van der Waals surface area contributed by atoms with Crippen molar-refractivity contribution in [3.8, 4) is 23.0 Å². The van der Waals surface area contributed by atoms with E-state index >= 15 is 0 Å². The van der Waals surface area contributed by atoms with Gasteiger partial charge in [0.1, 0.15) is 0 Å². The van der Waals surface area contributed by atoms with Crippen molar-refractivity contribution in [2.45, 2.75) is 13.0 Å². The quantitative estimate of drug-likeness (QED) is 0.913. The summed E-state index contributed by atoms with van der Waals surface area (Å²) in [6.07, 6.45) is -0.614. The summed E-state index contributed by atoms with van der Waals surface area (Å²) in [5, 5.41) is 9.57. The molecule has 5 heteroatoms. The Labute approximate surface area is 111 Å². The number of pyridine rings is 2. The van der Waals surface area contributed by atoms with Crippen molar-refractivity contribution in [3.05, 3.63) is 36.0 Å². The van der Waals surface area contributed by atoms with E-state index in [0.29, 0.717) is 23.1 Å². The molecule has 5 nitrogen and oxygen atoms in total. The van der Waals surface area contributed by atoms with Crippen LogP contribution < -0.4 is 9.47 Å². The van der Waals surface area contributed by atoms with Crippen LogP contribution in [0.5, 0.6) is 11.8 Å². The molecule has 2 rings (SSSR count). The summed E-state index contributed by atoms with van der Waals surface area (Å²) in [4.78, 5) is 8.61. The maximum absolute atomic E-state index is 9.57. The van der Waals surface area contributed by atoms with Crippen molar-refractivity contribution >= 4 is 0 Å². The average Bonchev–Trinajstić information content (AvgIpc) is 2.46. The van der Waals surface area contributed by atoms with Crippen LogP contribution in [0.15, 0.2) is 30.3 Å². The van der Waals surface area contributed by atoms with Crippen LogP contribution in [0.25, 0.3) is 11.3 Å². The Kier molecular flexibility index (Phi) is 3.97. The largest absolute Gasteiger partial charge is 0.481 e. The van der Waals surface area contributed by atoms with Crippen LogP contribution >= 0.6 is 0 Å². The van der Waals surface area contributed by atoms with Gasteiger partial charge in [-0.3, -0.25) is 0 Å². The predicted octanol–water partition coefficient (Wildman–Crippen LogP) is 2.21. The highest BCUT2D eigenvalue weighted by molar-refractivity contribution is 5.65. The van der Waals surface area contributed by atoms with Gasteiger partial charge >= 0.3 is 0 Å². The summed E-state index contributed by atoms with van der Waals surface area (Å²) in [6.45, 7) is 1.68.